The fraction of sp³-hybridized carbons (Fsp3) is 0.485. The van der Waals surface area contributed by atoms with Gasteiger partial charge >= 0.3 is 11.6 Å². The van der Waals surface area contributed by atoms with Crippen LogP contribution in [0.4, 0.5) is 5.69 Å². The van der Waals surface area contributed by atoms with Gasteiger partial charge in [-0.1, -0.05) is 6.92 Å². The number of oxazole rings is 1. The van der Waals surface area contributed by atoms with Gasteiger partial charge < -0.3 is 18.8 Å². The van der Waals surface area contributed by atoms with E-state index in [0.29, 0.717) is 34.2 Å². The fourth-order valence-electron chi connectivity index (χ4n) is 6.16. The predicted octanol–water partition coefficient (Wildman–Crippen LogP) is 7.05. The van der Waals surface area contributed by atoms with Crippen molar-refractivity contribution >= 4 is 33.7 Å². The van der Waals surface area contributed by atoms with Crippen LogP contribution in [0, 0.1) is 11.3 Å². The van der Waals surface area contributed by atoms with Crippen LogP contribution in [0.2, 0.25) is 0 Å². The van der Waals surface area contributed by atoms with E-state index in [-0.39, 0.29) is 17.0 Å². The summed E-state index contributed by atoms with van der Waals surface area (Å²) in [5.74, 6) is -0.208. The first kappa shape index (κ1) is 28.9. The minimum Gasteiger partial charge on any atom is -0.478 e. The van der Waals surface area contributed by atoms with Gasteiger partial charge in [0.1, 0.15) is 16.7 Å². The van der Waals surface area contributed by atoms with Crippen LogP contribution in [0.15, 0.2) is 56.1 Å². The van der Waals surface area contributed by atoms with Crippen molar-refractivity contribution in [3.8, 4) is 11.5 Å². The predicted molar refractivity (Wildman–Crippen MR) is 163 cm³/mol. The summed E-state index contributed by atoms with van der Waals surface area (Å²) in [6, 6.07) is 13.2. The Hall–Kier alpha value is -3.65. The number of nitrogens with zero attached hydrogens (tertiary/aromatic N) is 3. The van der Waals surface area contributed by atoms with Gasteiger partial charge in [0.15, 0.2) is 5.58 Å². The number of fused-ring (bicyclic) bond motifs is 2. The lowest BCUT2D eigenvalue weighted by Gasteiger charge is -2.31. The molecule has 8 nitrogen and oxygen atoms in total. The van der Waals surface area contributed by atoms with E-state index in [4.69, 9.17) is 8.83 Å². The number of rotatable bonds is 12. The maximum absolute atomic E-state index is 12.9. The summed E-state index contributed by atoms with van der Waals surface area (Å²) in [5.41, 5.74) is 2.50. The Kier molecular flexibility index (Phi) is 7.97. The molecule has 5 rings (SSSR count). The second-order valence-electron chi connectivity index (χ2n) is 12.3. The number of aromatic carboxylic acids is 1. The highest BCUT2D eigenvalue weighted by Gasteiger charge is 2.49. The first-order valence-electron chi connectivity index (χ1n) is 14.7. The normalized spacial score (nSPS) is 18.7. The summed E-state index contributed by atoms with van der Waals surface area (Å²) < 4.78 is 11.5. The van der Waals surface area contributed by atoms with Crippen LogP contribution < -0.4 is 10.5 Å². The minimum absolute atomic E-state index is 0.103. The molecule has 2 aromatic heterocycles. The zero-order valence-corrected chi connectivity index (χ0v) is 24.9. The van der Waals surface area contributed by atoms with Crippen molar-refractivity contribution in [1.29, 1.82) is 0 Å². The Morgan fingerprint density at radius 1 is 1.05 bits per heavy atom. The van der Waals surface area contributed by atoms with Crippen molar-refractivity contribution in [2.45, 2.75) is 72.9 Å². The molecule has 2 aromatic carbocycles. The summed E-state index contributed by atoms with van der Waals surface area (Å²) in [6.07, 6.45) is 3.68. The van der Waals surface area contributed by atoms with E-state index in [0.717, 1.165) is 43.0 Å². The lowest BCUT2D eigenvalue weighted by Crippen LogP contribution is -2.38. The topological polar surface area (TPSA) is 100 Å². The molecule has 0 radical (unpaired) electrons. The van der Waals surface area contributed by atoms with Crippen LogP contribution in [0.3, 0.4) is 0 Å². The van der Waals surface area contributed by atoms with Crippen molar-refractivity contribution in [3.05, 3.63) is 58.4 Å². The smallest absolute Gasteiger partial charge is 0.349 e. The van der Waals surface area contributed by atoms with Crippen LogP contribution >= 0.6 is 0 Å². The van der Waals surface area contributed by atoms with E-state index in [1.807, 2.05) is 12.1 Å². The summed E-state index contributed by atoms with van der Waals surface area (Å²) in [4.78, 5) is 33.5. The third-order valence-electron chi connectivity index (χ3n) is 8.88. The van der Waals surface area contributed by atoms with Gasteiger partial charge in [-0.2, -0.15) is 0 Å². The van der Waals surface area contributed by atoms with E-state index in [1.54, 1.807) is 12.1 Å². The van der Waals surface area contributed by atoms with E-state index < -0.39 is 11.6 Å². The van der Waals surface area contributed by atoms with Crippen LogP contribution in [0.5, 0.6) is 0 Å². The van der Waals surface area contributed by atoms with Crippen molar-refractivity contribution in [2.75, 3.05) is 24.5 Å². The standard InChI is InChI=1S/C33H41N3O5/c1-7-35(14-12-24-19-33(24,6)13-15-36(20(2)3)21(4)5)25-10-8-22-16-26(32(39)41-29(22)18-25)30-34-27-17-23(31(37)38)9-11-28(27)40-30/h8-11,16-18,20-21,24H,7,12-15,19H2,1-6H3,(H,37,38)/t24-,33?/m0/s1. The van der Waals surface area contributed by atoms with Gasteiger partial charge in [-0.05, 0) is 108 Å². The number of carboxylic acid groups (broad SMARTS) is 1. The molecular formula is C33H41N3O5. The molecule has 1 fully saturated rings. The largest absolute Gasteiger partial charge is 0.478 e. The van der Waals surface area contributed by atoms with E-state index in [1.165, 1.54) is 25.0 Å². The molecule has 2 atom stereocenters. The van der Waals surface area contributed by atoms with Crippen molar-refractivity contribution in [1.82, 2.24) is 9.88 Å². The Labute approximate surface area is 241 Å². The molecule has 1 aliphatic rings. The summed E-state index contributed by atoms with van der Waals surface area (Å²) in [5, 5.41) is 10.0. The first-order valence-corrected chi connectivity index (χ1v) is 14.7. The molecule has 0 amide bonds. The number of benzene rings is 2. The number of anilines is 1. The summed E-state index contributed by atoms with van der Waals surface area (Å²) >= 11 is 0. The maximum Gasteiger partial charge on any atom is 0.349 e. The van der Waals surface area contributed by atoms with Crippen molar-refractivity contribution in [3.63, 3.8) is 0 Å². The van der Waals surface area contributed by atoms with E-state index in [9.17, 15) is 14.7 Å². The highest BCUT2D eigenvalue weighted by atomic mass is 16.4. The summed E-state index contributed by atoms with van der Waals surface area (Å²) in [7, 11) is 0. The van der Waals surface area contributed by atoms with Gasteiger partial charge in [0, 0.05) is 42.3 Å². The Bertz CT molecular complexity index is 1610. The zero-order chi connectivity index (χ0) is 29.5. The molecule has 1 aliphatic carbocycles. The molecule has 0 spiro atoms. The molecule has 1 unspecified atom stereocenters. The molecule has 1 N–H and O–H groups in total. The molecule has 0 bridgehead atoms. The van der Waals surface area contributed by atoms with Gasteiger partial charge in [-0.25, -0.2) is 14.6 Å². The SMILES string of the molecule is CCN(CC[C@H]1CC1(C)CCN(C(C)C)C(C)C)c1ccc2cc(-c3nc4cc(C(=O)O)ccc4o3)c(=O)oc2c1. The van der Waals surface area contributed by atoms with Crippen LogP contribution in [-0.2, 0) is 0 Å². The molecule has 0 saturated heterocycles. The maximum atomic E-state index is 12.9. The Morgan fingerprint density at radius 2 is 1.80 bits per heavy atom. The van der Waals surface area contributed by atoms with E-state index in [2.05, 4.69) is 62.4 Å². The fourth-order valence-corrected chi connectivity index (χ4v) is 6.16. The average Bonchev–Trinajstić information content (AvgIpc) is 3.37. The van der Waals surface area contributed by atoms with Crippen LogP contribution in [0.1, 0.15) is 71.2 Å². The third-order valence-corrected chi connectivity index (χ3v) is 8.88. The van der Waals surface area contributed by atoms with Gasteiger partial charge in [-0.15, -0.1) is 0 Å². The lowest BCUT2D eigenvalue weighted by atomic mass is 9.99. The monoisotopic (exact) mass is 559 g/mol. The molecule has 4 aromatic rings. The molecule has 0 aliphatic heterocycles. The molecule has 2 heterocycles. The molecule has 8 heteroatoms. The highest BCUT2D eigenvalue weighted by Crippen LogP contribution is 2.56. The van der Waals surface area contributed by atoms with Gasteiger partial charge in [0.2, 0.25) is 5.89 Å². The highest BCUT2D eigenvalue weighted by molar-refractivity contribution is 5.92. The molecule has 218 valence electrons. The first-order chi connectivity index (χ1) is 19.5. The van der Waals surface area contributed by atoms with Gasteiger partial charge in [-0.3, -0.25) is 4.90 Å². The number of carbonyl (C=O) groups is 1. The molecule has 41 heavy (non-hydrogen) atoms. The minimum atomic E-state index is -1.05. The Morgan fingerprint density at radius 3 is 2.49 bits per heavy atom. The second-order valence-corrected chi connectivity index (χ2v) is 12.3. The van der Waals surface area contributed by atoms with E-state index >= 15 is 0 Å². The van der Waals surface area contributed by atoms with Crippen molar-refractivity contribution in [2.24, 2.45) is 11.3 Å². The summed E-state index contributed by atoms with van der Waals surface area (Å²) in [6.45, 7) is 16.7. The Balaban J connectivity index is 1.28. The molecule has 1 saturated carbocycles. The third kappa shape index (κ3) is 6.03. The average molecular weight is 560 g/mol. The number of carboxylic acids is 1. The van der Waals surface area contributed by atoms with Crippen LogP contribution in [-0.4, -0.2) is 52.7 Å². The van der Waals surface area contributed by atoms with Crippen LogP contribution in [0.25, 0.3) is 33.5 Å². The number of aromatic nitrogens is 1. The molecular weight excluding hydrogens is 518 g/mol. The zero-order valence-electron chi connectivity index (χ0n) is 24.9. The number of hydrogen-bond acceptors (Lipinski definition) is 7. The lowest BCUT2D eigenvalue weighted by molar-refractivity contribution is 0.0697. The second kappa shape index (κ2) is 11.3. The number of hydrogen-bond donors (Lipinski definition) is 1. The quantitative estimate of drug-likeness (QED) is 0.184. The van der Waals surface area contributed by atoms with Gasteiger partial charge in [0.25, 0.3) is 0 Å². The van der Waals surface area contributed by atoms with Gasteiger partial charge in [0.05, 0.1) is 5.56 Å². The van der Waals surface area contributed by atoms with Crippen molar-refractivity contribution < 1.29 is 18.7 Å².